The van der Waals surface area contributed by atoms with Crippen molar-refractivity contribution >= 4 is 0 Å². The van der Waals surface area contributed by atoms with Crippen LogP contribution in [0.15, 0.2) is 29.6 Å². The largest absolute Gasteiger partial charge is 0.490 e. The molecule has 0 atom stereocenters. The van der Waals surface area contributed by atoms with Crippen LogP contribution in [0.25, 0.3) is 11.3 Å². The highest BCUT2D eigenvalue weighted by atomic mass is 16.5. The summed E-state index contributed by atoms with van der Waals surface area (Å²) >= 11 is 0. The fourth-order valence-electron chi connectivity index (χ4n) is 1.47. The minimum absolute atomic E-state index is 0.204. The first-order valence-corrected chi connectivity index (χ1v) is 4.76. The third-order valence-corrected chi connectivity index (χ3v) is 2.16. The predicted octanol–water partition coefficient (Wildman–Crippen LogP) is 1.15. The van der Waals surface area contributed by atoms with Crippen LogP contribution in [0.2, 0.25) is 0 Å². The standard InChI is InChI=1S/C11H11N3O2/c1-7-3-8(5-12-4-7)9-10(16-2)11(15)14-6-13-9/h3-6H,1-2H3,(H,13,14,15). The zero-order valence-electron chi connectivity index (χ0n) is 9.02. The molecule has 1 N–H and O–H groups in total. The Balaban J connectivity index is 2.64. The fraction of sp³-hybridized carbons (Fsp3) is 0.182. The van der Waals surface area contributed by atoms with Gasteiger partial charge in [0.2, 0.25) is 5.75 Å². The van der Waals surface area contributed by atoms with Crippen LogP contribution < -0.4 is 10.3 Å². The van der Waals surface area contributed by atoms with Crippen molar-refractivity contribution in [2.24, 2.45) is 0 Å². The van der Waals surface area contributed by atoms with E-state index in [9.17, 15) is 4.79 Å². The number of H-pyrrole nitrogens is 1. The highest BCUT2D eigenvalue weighted by molar-refractivity contribution is 5.64. The summed E-state index contributed by atoms with van der Waals surface area (Å²) in [6, 6.07) is 1.90. The fourth-order valence-corrected chi connectivity index (χ4v) is 1.47. The van der Waals surface area contributed by atoms with Gasteiger partial charge in [-0.05, 0) is 18.6 Å². The molecule has 0 unspecified atom stereocenters. The molecule has 2 aromatic rings. The molecular weight excluding hydrogens is 206 g/mol. The monoisotopic (exact) mass is 217 g/mol. The van der Waals surface area contributed by atoms with E-state index in [2.05, 4.69) is 15.0 Å². The van der Waals surface area contributed by atoms with Gasteiger partial charge in [0.05, 0.1) is 13.4 Å². The summed E-state index contributed by atoms with van der Waals surface area (Å²) in [6.07, 6.45) is 4.74. The Hall–Kier alpha value is -2.17. The highest BCUT2D eigenvalue weighted by Crippen LogP contribution is 2.23. The Morgan fingerprint density at radius 1 is 1.38 bits per heavy atom. The number of ether oxygens (including phenoxy) is 1. The molecule has 0 saturated carbocycles. The first-order valence-electron chi connectivity index (χ1n) is 4.76. The molecule has 2 heterocycles. The molecule has 0 aliphatic rings. The smallest absolute Gasteiger partial charge is 0.293 e. The van der Waals surface area contributed by atoms with Gasteiger partial charge in [0.15, 0.2) is 0 Å². The Kier molecular flexibility index (Phi) is 2.68. The van der Waals surface area contributed by atoms with Crippen molar-refractivity contribution in [1.82, 2.24) is 15.0 Å². The third kappa shape index (κ3) is 1.79. The van der Waals surface area contributed by atoms with Crippen LogP contribution in [0, 0.1) is 6.92 Å². The summed E-state index contributed by atoms with van der Waals surface area (Å²) in [6.45, 7) is 1.93. The molecular formula is C11H11N3O2. The van der Waals surface area contributed by atoms with Gasteiger partial charge in [-0.2, -0.15) is 0 Å². The number of aryl methyl sites for hydroxylation is 1. The van der Waals surface area contributed by atoms with Crippen molar-refractivity contribution in [1.29, 1.82) is 0 Å². The summed E-state index contributed by atoms with van der Waals surface area (Å²) in [5.74, 6) is 0.204. The lowest BCUT2D eigenvalue weighted by molar-refractivity contribution is 0.408. The van der Waals surface area contributed by atoms with Crippen molar-refractivity contribution in [3.63, 3.8) is 0 Å². The molecule has 0 aliphatic heterocycles. The zero-order valence-corrected chi connectivity index (χ0v) is 9.02. The third-order valence-electron chi connectivity index (χ3n) is 2.16. The van der Waals surface area contributed by atoms with Crippen LogP contribution >= 0.6 is 0 Å². The average molecular weight is 217 g/mol. The quantitative estimate of drug-likeness (QED) is 0.819. The first-order chi connectivity index (χ1) is 7.72. The van der Waals surface area contributed by atoms with Crippen LogP contribution in [0.1, 0.15) is 5.56 Å². The van der Waals surface area contributed by atoms with Crippen molar-refractivity contribution in [2.45, 2.75) is 6.92 Å². The van der Waals surface area contributed by atoms with E-state index >= 15 is 0 Å². The Labute approximate surface area is 92.2 Å². The number of methoxy groups -OCH3 is 1. The van der Waals surface area contributed by atoms with E-state index in [1.165, 1.54) is 13.4 Å². The number of aromatic nitrogens is 3. The van der Waals surface area contributed by atoms with E-state index in [-0.39, 0.29) is 11.3 Å². The molecule has 0 aromatic carbocycles. The maximum Gasteiger partial charge on any atom is 0.293 e. The van der Waals surface area contributed by atoms with Crippen molar-refractivity contribution in [2.75, 3.05) is 7.11 Å². The minimum Gasteiger partial charge on any atom is -0.490 e. The summed E-state index contributed by atoms with van der Waals surface area (Å²) in [4.78, 5) is 22.1. The van der Waals surface area contributed by atoms with Crippen LogP contribution in [-0.2, 0) is 0 Å². The number of nitrogens with one attached hydrogen (secondary N) is 1. The number of hydrogen-bond acceptors (Lipinski definition) is 4. The summed E-state index contributed by atoms with van der Waals surface area (Å²) in [7, 11) is 1.44. The normalized spacial score (nSPS) is 10.1. The molecule has 5 heteroatoms. The van der Waals surface area contributed by atoms with Gasteiger partial charge in [0.1, 0.15) is 5.69 Å². The second-order valence-electron chi connectivity index (χ2n) is 3.36. The topological polar surface area (TPSA) is 67.9 Å². The van der Waals surface area contributed by atoms with Gasteiger partial charge in [-0.25, -0.2) is 4.98 Å². The molecule has 0 fully saturated rings. The number of nitrogens with zero attached hydrogens (tertiary/aromatic N) is 2. The molecule has 82 valence electrons. The number of pyridine rings is 1. The predicted molar refractivity (Wildman–Crippen MR) is 59.4 cm³/mol. The molecule has 0 spiro atoms. The second kappa shape index (κ2) is 4.14. The lowest BCUT2D eigenvalue weighted by Crippen LogP contribution is -2.11. The van der Waals surface area contributed by atoms with E-state index < -0.39 is 0 Å². The second-order valence-corrected chi connectivity index (χ2v) is 3.36. The zero-order chi connectivity index (χ0) is 11.5. The minimum atomic E-state index is -0.297. The van der Waals surface area contributed by atoms with Crippen LogP contribution in [0.3, 0.4) is 0 Å². The van der Waals surface area contributed by atoms with E-state index in [0.29, 0.717) is 5.69 Å². The van der Waals surface area contributed by atoms with Crippen LogP contribution in [0.5, 0.6) is 5.75 Å². The SMILES string of the molecule is COc1c(-c2cncc(C)c2)nc[nH]c1=O. The van der Waals surface area contributed by atoms with Gasteiger partial charge in [-0.15, -0.1) is 0 Å². The number of rotatable bonds is 2. The lowest BCUT2D eigenvalue weighted by Gasteiger charge is -2.05. The van der Waals surface area contributed by atoms with Gasteiger partial charge in [0.25, 0.3) is 5.56 Å². The maximum absolute atomic E-state index is 11.5. The average Bonchev–Trinajstić information content (AvgIpc) is 2.28. The molecule has 0 aliphatic carbocycles. The number of aromatic amines is 1. The molecule has 16 heavy (non-hydrogen) atoms. The molecule has 0 amide bonds. The highest BCUT2D eigenvalue weighted by Gasteiger charge is 2.11. The Bertz CT molecular complexity index is 563. The molecule has 0 saturated heterocycles. The van der Waals surface area contributed by atoms with E-state index in [4.69, 9.17) is 4.74 Å². The van der Waals surface area contributed by atoms with Crippen LogP contribution in [-0.4, -0.2) is 22.1 Å². The summed E-state index contributed by atoms with van der Waals surface area (Å²) < 4.78 is 5.04. The Morgan fingerprint density at radius 2 is 2.19 bits per heavy atom. The maximum atomic E-state index is 11.5. The molecule has 0 bridgehead atoms. The lowest BCUT2D eigenvalue weighted by atomic mass is 10.1. The summed E-state index contributed by atoms with van der Waals surface area (Å²) in [5, 5.41) is 0. The molecule has 0 radical (unpaired) electrons. The van der Waals surface area contributed by atoms with Gasteiger partial charge >= 0.3 is 0 Å². The van der Waals surface area contributed by atoms with E-state index in [1.807, 2.05) is 13.0 Å². The molecule has 2 rings (SSSR count). The van der Waals surface area contributed by atoms with Gasteiger partial charge in [0, 0.05) is 18.0 Å². The Morgan fingerprint density at radius 3 is 2.88 bits per heavy atom. The van der Waals surface area contributed by atoms with Gasteiger partial charge in [-0.3, -0.25) is 9.78 Å². The van der Waals surface area contributed by atoms with Crippen LogP contribution in [0.4, 0.5) is 0 Å². The molecule has 5 nitrogen and oxygen atoms in total. The number of hydrogen-bond donors (Lipinski definition) is 1. The van der Waals surface area contributed by atoms with E-state index in [1.54, 1.807) is 12.4 Å². The van der Waals surface area contributed by atoms with Crippen molar-refractivity contribution in [3.8, 4) is 17.0 Å². The van der Waals surface area contributed by atoms with Crippen molar-refractivity contribution in [3.05, 3.63) is 40.7 Å². The summed E-state index contributed by atoms with van der Waals surface area (Å²) in [5.41, 5.74) is 1.97. The molecule has 2 aromatic heterocycles. The van der Waals surface area contributed by atoms with E-state index in [0.717, 1.165) is 11.1 Å². The van der Waals surface area contributed by atoms with Crippen molar-refractivity contribution < 1.29 is 4.74 Å². The van der Waals surface area contributed by atoms with Gasteiger partial charge < -0.3 is 9.72 Å². The first kappa shape index (κ1) is 10.4. The van der Waals surface area contributed by atoms with Gasteiger partial charge in [-0.1, -0.05) is 0 Å².